The molecule has 23 heteroatoms. The molecule has 0 bridgehead atoms. The number of aryl methyl sites for hydroxylation is 2. The van der Waals surface area contributed by atoms with Gasteiger partial charge in [-0.2, -0.15) is 31.1 Å². The van der Waals surface area contributed by atoms with Crippen LogP contribution in [0.5, 0.6) is 5.75 Å². The third-order valence-electron chi connectivity index (χ3n) is 10.6. The average Bonchev–Trinajstić information content (AvgIpc) is 3.66. The molecule has 3 heterocycles. The summed E-state index contributed by atoms with van der Waals surface area (Å²) in [5, 5.41) is 15.5. The summed E-state index contributed by atoms with van der Waals surface area (Å²) in [7, 11) is -2.03. The monoisotopic (exact) mass is 944 g/mol. The minimum atomic E-state index is -5.08. The predicted molar refractivity (Wildman–Crippen MR) is 218 cm³/mol. The largest absolute Gasteiger partial charge is 0.490 e. The summed E-state index contributed by atoms with van der Waals surface area (Å²) in [6.07, 6.45) is -7.74. The molecule has 6 rings (SSSR count). The van der Waals surface area contributed by atoms with E-state index in [0.717, 1.165) is 81.8 Å². The van der Waals surface area contributed by atoms with Crippen LogP contribution in [0, 0.1) is 13.8 Å². The molecule has 3 aromatic rings. The standard InChI is InChI=1S/C35H46Cl2N6O4S.2C2HF3O2/c1-25-23-26(2)38-33-27(25)7-6-8-30(33)47-24-28-29(36)9-10-31(32(28)37)48(45,46)39-35(11-4-5-12-35)34(44)43-21-19-42(20-22-43)18-17-41-15-13-40(3)14-16-41;2*3-2(4,5)1(6)7/h6-10,23,39H,4-5,11-22,24H2,1-3H3;2*(H,6,7). The number of benzene rings is 2. The number of ether oxygens (including phenoxy) is 1. The molecule has 2 aromatic carbocycles. The lowest BCUT2D eigenvalue weighted by Crippen LogP contribution is -2.61. The number of rotatable bonds is 10. The van der Waals surface area contributed by atoms with E-state index in [1.54, 1.807) is 0 Å². The number of fused-ring (bicyclic) bond motifs is 1. The Balaban J connectivity index is 0.000000521. The molecule has 1 amide bonds. The van der Waals surface area contributed by atoms with Crippen molar-refractivity contribution < 1.29 is 64.1 Å². The number of aromatic nitrogens is 1. The summed E-state index contributed by atoms with van der Waals surface area (Å²) in [6.45, 7) is 13.0. The van der Waals surface area contributed by atoms with Gasteiger partial charge in [0.05, 0.1) is 5.02 Å². The van der Waals surface area contributed by atoms with E-state index >= 15 is 0 Å². The summed E-state index contributed by atoms with van der Waals surface area (Å²) in [4.78, 5) is 45.5. The lowest BCUT2D eigenvalue weighted by atomic mass is 9.96. The van der Waals surface area contributed by atoms with E-state index in [0.29, 0.717) is 42.8 Å². The molecule has 2 aliphatic heterocycles. The maximum absolute atomic E-state index is 14.1. The number of nitrogens with one attached hydrogen (secondary N) is 1. The summed E-state index contributed by atoms with van der Waals surface area (Å²) in [6, 6.07) is 10.6. The smallest absolute Gasteiger partial charge is 0.487 e. The highest BCUT2D eigenvalue weighted by Crippen LogP contribution is 2.37. The van der Waals surface area contributed by atoms with Crippen LogP contribution in [0.3, 0.4) is 0 Å². The minimum absolute atomic E-state index is 0.0230. The number of halogens is 8. The Hall–Kier alpha value is -3.99. The molecule has 0 unspecified atom stereocenters. The van der Waals surface area contributed by atoms with Crippen LogP contribution in [0.2, 0.25) is 10.0 Å². The van der Waals surface area contributed by atoms with Gasteiger partial charge in [-0.25, -0.2) is 23.0 Å². The average molecular weight is 946 g/mol. The van der Waals surface area contributed by atoms with Crippen LogP contribution in [0.4, 0.5) is 26.3 Å². The number of sulfonamides is 1. The number of hydrogen-bond acceptors (Lipinski definition) is 10. The van der Waals surface area contributed by atoms with Crippen molar-refractivity contribution in [1.82, 2.24) is 29.3 Å². The van der Waals surface area contributed by atoms with E-state index in [1.165, 1.54) is 12.1 Å². The molecule has 1 aromatic heterocycles. The highest BCUT2D eigenvalue weighted by Gasteiger charge is 2.47. The Morgan fingerprint density at radius 2 is 1.35 bits per heavy atom. The predicted octanol–water partition coefficient (Wildman–Crippen LogP) is 5.99. The number of carboxylic acids is 2. The normalized spacial score (nSPS) is 17.8. The quantitative estimate of drug-likeness (QED) is 0.203. The number of carboxylic acid groups (broad SMARTS) is 2. The fourth-order valence-electron chi connectivity index (χ4n) is 7.22. The van der Waals surface area contributed by atoms with Crippen molar-refractivity contribution in [2.45, 2.75) is 68.9 Å². The Morgan fingerprint density at radius 3 is 1.87 bits per heavy atom. The molecule has 0 spiro atoms. The zero-order valence-corrected chi connectivity index (χ0v) is 36.4. The van der Waals surface area contributed by atoms with Gasteiger partial charge in [0.2, 0.25) is 15.9 Å². The lowest BCUT2D eigenvalue weighted by Gasteiger charge is -2.40. The van der Waals surface area contributed by atoms with Gasteiger partial charge < -0.3 is 24.7 Å². The second-order valence-corrected chi connectivity index (χ2v) is 17.6. The van der Waals surface area contributed by atoms with Gasteiger partial charge in [0.25, 0.3) is 0 Å². The third-order valence-corrected chi connectivity index (χ3v) is 13.1. The van der Waals surface area contributed by atoms with Crippen LogP contribution < -0.4 is 9.46 Å². The van der Waals surface area contributed by atoms with Gasteiger partial charge in [0.1, 0.15) is 28.3 Å². The Labute approximate surface area is 364 Å². The molecule has 1 aliphatic carbocycles. The lowest BCUT2D eigenvalue weighted by molar-refractivity contribution is -0.193. The van der Waals surface area contributed by atoms with E-state index in [9.17, 15) is 39.6 Å². The fraction of sp³-hybridized carbons (Fsp3) is 0.538. The molecule has 3 fully saturated rings. The van der Waals surface area contributed by atoms with Crippen molar-refractivity contribution in [3.05, 3.63) is 63.3 Å². The van der Waals surface area contributed by atoms with E-state index in [4.69, 9.17) is 47.7 Å². The van der Waals surface area contributed by atoms with E-state index in [1.807, 2.05) is 43.0 Å². The molecule has 2 saturated heterocycles. The van der Waals surface area contributed by atoms with Crippen molar-refractivity contribution in [3.8, 4) is 5.75 Å². The number of hydrogen-bond donors (Lipinski definition) is 3. The number of aliphatic carboxylic acids is 2. The number of carbonyl (C=O) groups excluding carboxylic acids is 1. The van der Waals surface area contributed by atoms with Crippen LogP contribution in [0.25, 0.3) is 10.9 Å². The zero-order chi connectivity index (χ0) is 46.2. The van der Waals surface area contributed by atoms with E-state index in [-0.39, 0.29) is 27.5 Å². The van der Waals surface area contributed by atoms with Crippen LogP contribution in [-0.2, 0) is 31.0 Å². The molecular weight excluding hydrogens is 897 g/mol. The van der Waals surface area contributed by atoms with Crippen molar-refractivity contribution in [2.75, 3.05) is 72.5 Å². The summed E-state index contributed by atoms with van der Waals surface area (Å²) < 4.78 is 101. The topological polar surface area (TPSA) is 173 Å². The molecule has 0 radical (unpaired) electrons. The van der Waals surface area contributed by atoms with Crippen LogP contribution >= 0.6 is 23.2 Å². The van der Waals surface area contributed by atoms with Crippen molar-refractivity contribution >= 4 is 62.0 Å². The minimum Gasteiger partial charge on any atom is -0.487 e. The van der Waals surface area contributed by atoms with Crippen molar-refractivity contribution in [1.29, 1.82) is 0 Å². The van der Waals surface area contributed by atoms with Crippen LogP contribution in [0.15, 0.2) is 41.3 Å². The number of amides is 1. The third kappa shape index (κ3) is 13.5. The Bertz CT molecular complexity index is 2150. The number of carbonyl (C=O) groups is 3. The Morgan fingerprint density at radius 1 is 0.839 bits per heavy atom. The van der Waals surface area contributed by atoms with Gasteiger partial charge in [-0.05, 0) is 63.6 Å². The number of piperazine rings is 2. The molecule has 3 N–H and O–H groups in total. The van der Waals surface area contributed by atoms with E-state index < -0.39 is 39.9 Å². The van der Waals surface area contributed by atoms with Gasteiger partial charge in [-0.1, -0.05) is 48.2 Å². The van der Waals surface area contributed by atoms with Gasteiger partial charge in [0, 0.05) is 87.1 Å². The van der Waals surface area contributed by atoms with Gasteiger partial charge in [0.15, 0.2) is 0 Å². The van der Waals surface area contributed by atoms with Crippen molar-refractivity contribution in [3.63, 3.8) is 0 Å². The second-order valence-electron chi connectivity index (χ2n) is 15.1. The summed E-state index contributed by atoms with van der Waals surface area (Å²) >= 11 is 13.4. The molecular formula is C39H48Cl2F6N6O8S. The SMILES string of the molecule is Cc1cc(C)c2cccc(OCc3c(Cl)ccc(S(=O)(=O)NC4(C(=O)N5CCN(CCN6CCN(C)CC6)CC5)CCCC4)c3Cl)c2n1.O=C(O)C(F)(F)F.O=C(O)C(F)(F)F. The van der Waals surface area contributed by atoms with Gasteiger partial charge in [-0.3, -0.25) is 14.6 Å². The van der Waals surface area contributed by atoms with Crippen molar-refractivity contribution in [2.24, 2.45) is 0 Å². The number of para-hydroxylation sites is 1. The highest BCUT2D eigenvalue weighted by molar-refractivity contribution is 7.89. The Kier molecular flexibility index (Phi) is 17.3. The van der Waals surface area contributed by atoms with Gasteiger partial charge in [-0.15, -0.1) is 0 Å². The number of pyridine rings is 1. The van der Waals surface area contributed by atoms with Gasteiger partial charge >= 0.3 is 24.3 Å². The van der Waals surface area contributed by atoms with E-state index in [2.05, 4.69) is 31.5 Å². The maximum Gasteiger partial charge on any atom is 0.490 e. The number of likely N-dealkylation sites (N-methyl/N-ethyl adjacent to an activating group) is 1. The zero-order valence-electron chi connectivity index (χ0n) is 34.1. The summed E-state index contributed by atoms with van der Waals surface area (Å²) in [5.41, 5.74) is 1.80. The first kappa shape index (κ1) is 50.7. The number of nitrogens with zero attached hydrogens (tertiary/aromatic N) is 5. The summed E-state index contributed by atoms with van der Waals surface area (Å²) in [5.74, 6) is -5.11. The van der Waals surface area contributed by atoms with Crippen LogP contribution in [0.1, 0.15) is 42.5 Å². The molecule has 14 nitrogen and oxygen atoms in total. The first-order valence-corrected chi connectivity index (χ1v) is 21.6. The van der Waals surface area contributed by atoms with Crippen LogP contribution in [-0.4, -0.2) is 151 Å². The fourth-order valence-corrected chi connectivity index (χ4v) is 9.53. The highest BCUT2D eigenvalue weighted by atomic mass is 35.5. The molecule has 0 atom stereocenters. The number of alkyl halides is 6. The molecule has 3 aliphatic rings. The second kappa shape index (κ2) is 21.1. The molecule has 344 valence electrons. The first-order chi connectivity index (χ1) is 28.8. The first-order valence-electron chi connectivity index (χ1n) is 19.4. The molecule has 62 heavy (non-hydrogen) atoms. The molecule has 1 saturated carbocycles. The maximum atomic E-state index is 14.1.